The fourth-order valence-electron chi connectivity index (χ4n) is 2.69. The number of anilines is 1. The van der Waals surface area contributed by atoms with Crippen LogP contribution in [0.15, 0.2) is 18.2 Å². The summed E-state index contributed by atoms with van der Waals surface area (Å²) in [4.78, 5) is 13.8. The van der Waals surface area contributed by atoms with Crippen molar-refractivity contribution in [2.45, 2.75) is 25.1 Å². The number of nitrogens with zero attached hydrogens (tertiary/aromatic N) is 1. The van der Waals surface area contributed by atoms with Gasteiger partial charge in [-0.05, 0) is 18.6 Å². The normalized spacial score (nSPS) is 26.4. The quantitative estimate of drug-likeness (QED) is 0.819. The van der Waals surface area contributed by atoms with Gasteiger partial charge in [-0.1, -0.05) is 6.07 Å². The lowest BCUT2D eigenvalue weighted by Gasteiger charge is -2.21. The first-order valence-electron chi connectivity index (χ1n) is 6.13. The fraction of sp³-hybridized carbons (Fsp3) is 0.462. The molecule has 2 aliphatic heterocycles. The zero-order chi connectivity index (χ0) is 12.7. The molecule has 0 spiro atoms. The van der Waals surface area contributed by atoms with Gasteiger partial charge in [0.2, 0.25) is 5.91 Å². The number of carbonyl (C=O) groups excluding carboxylic acids is 1. The summed E-state index contributed by atoms with van der Waals surface area (Å²) < 4.78 is 26.6. The molecule has 2 heterocycles. The van der Waals surface area contributed by atoms with Crippen molar-refractivity contribution in [2.24, 2.45) is 0 Å². The highest BCUT2D eigenvalue weighted by Crippen LogP contribution is 2.31. The Morgan fingerprint density at radius 2 is 2.28 bits per heavy atom. The molecule has 2 atom stereocenters. The minimum Gasteiger partial charge on any atom is -0.310 e. The van der Waals surface area contributed by atoms with Crippen molar-refractivity contribution in [2.75, 3.05) is 18.0 Å². The molecular formula is C13H14F2N2O. The van der Waals surface area contributed by atoms with Crippen LogP contribution in [0.1, 0.15) is 12.0 Å². The second-order valence-electron chi connectivity index (χ2n) is 4.77. The maximum atomic E-state index is 13.6. The molecule has 96 valence electrons. The van der Waals surface area contributed by atoms with Gasteiger partial charge in [0.1, 0.15) is 12.0 Å². The Balaban J connectivity index is 1.84. The van der Waals surface area contributed by atoms with Gasteiger partial charge in [0.15, 0.2) is 0 Å². The van der Waals surface area contributed by atoms with E-state index in [1.54, 1.807) is 17.0 Å². The molecule has 0 saturated carbocycles. The van der Waals surface area contributed by atoms with Gasteiger partial charge < -0.3 is 10.2 Å². The molecule has 0 unspecified atom stereocenters. The Kier molecular flexibility index (Phi) is 2.78. The van der Waals surface area contributed by atoms with E-state index in [2.05, 4.69) is 5.32 Å². The minimum absolute atomic E-state index is 0.153. The summed E-state index contributed by atoms with van der Waals surface area (Å²) in [6.45, 7) is 0.699. The molecule has 1 aromatic rings. The van der Waals surface area contributed by atoms with Gasteiger partial charge in [-0.15, -0.1) is 0 Å². The standard InChI is InChI=1S/C13H14F2N2O/c14-8-6-11(16-7-8)13(18)17-5-4-9-10(15)2-1-3-12(9)17/h1-3,8,11,16H,4-7H2/t8-,11+/m0/s1. The average molecular weight is 252 g/mol. The van der Waals surface area contributed by atoms with Crippen LogP contribution in [0.4, 0.5) is 14.5 Å². The molecule has 0 aliphatic carbocycles. The number of rotatable bonds is 1. The maximum Gasteiger partial charge on any atom is 0.244 e. The number of hydrogen-bond acceptors (Lipinski definition) is 2. The molecule has 3 rings (SSSR count). The third kappa shape index (κ3) is 1.79. The van der Waals surface area contributed by atoms with Gasteiger partial charge in [0, 0.05) is 30.8 Å². The van der Waals surface area contributed by atoms with Crippen LogP contribution in [0, 0.1) is 5.82 Å². The maximum absolute atomic E-state index is 13.6. The first-order valence-corrected chi connectivity index (χ1v) is 6.13. The van der Waals surface area contributed by atoms with E-state index in [0.717, 1.165) is 0 Å². The van der Waals surface area contributed by atoms with E-state index in [9.17, 15) is 13.6 Å². The third-order valence-corrected chi connectivity index (χ3v) is 3.61. The van der Waals surface area contributed by atoms with E-state index < -0.39 is 12.2 Å². The lowest BCUT2D eigenvalue weighted by atomic mass is 10.1. The van der Waals surface area contributed by atoms with E-state index in [0.29, 0.717) is 24.2 Å². The van der Waals surface area contributed by atoms with E-state index in [1.165, 1.54) is 6.07 Å². The second-order valence-corrected chi connectivity index (χ2v) is 4.77. The van der Waals surface area contributed by atoms with Crippen LogP contribution < -0.4 is 10.2 Å². The number of fused-ring (bicyclic) bond motifs is 1. The summed E-state index contributed by atoms with van der Waals surface area (Å²) in [6.07, 6.45) is -0.229. The number of hydrogen-bond donors (Lipinski definition) is 1. The molecule has 1 aromatic carbocycles. The van der Waals surface area contributed by atoms with Crippen LogP contribution in [0.25, 0.3) is 0 Å². The number of benzene rings is 1. The lowest BCUT2D eigenvalue weighted by Crippen LogP contribution is -2.42. The Labute approximate surface area is 104 Å². The molecule has 1 N–H and O–H groups in total. The van der Waals surface area contributed by atoms with Crippen LogP contribution >= 0.6 is 0 Å². The van der Waals surface area contributed by atoms with Crippen molar-refractivity contribution in [3.05, 3.63) is 29.6 Å². The Bertz CT molecular complexity index is 492. The average Bonchev–Trinajstić information content (AvgIpc) is 2.95. The Hall–Kier alpha value is -1.49. The highest BCUT2D eigenvalue weighted by molar-refractivity contribution is 5.99. The van der Waals surface area contributed by atoms with Gasteiger partial charge in [-0.2, -0.15) is 0 Å². The van der Waals surface area contributed by atoms with E-state index >= 15 is 0 Å². The molecule has 0 radical (unpaired) electrons. The highest BCUT2D eigenvalue weighted by Gasteiger charge is 2.35. The Morgan fingerprint density at radius 1 is 1.44 bits per heavy atom. The minimum atomic E-state index is -0.964. The number of alkyl halides is 1. The monoisotopic (exact) mass is 252 g/mol. The molecule has 2 aliphatic rings. The molecule has 0 bridgehead atoms. The van der Waals surface area contributed by atoms with Crippen molar-refractivity contribution >= 4 is 11.6 Å². The predicted molar refractivity (Wildman–Crippen MR) is 63.8 cm³/mol. The van der Waals surface area contributed by atoms with Gasteiger partial charge in [0.05, 0.1) is 6.04 Å². The molecule has 1 saturated heterocycles. The summed E-state index contributed by atoms with van der Waals surface area (Å²) in [5.41, 5.74) is 1.21. The zero-order valence-electron chi connectivity index (χ0n) is 9.83. The van der Waals surface area contributed by atoms with Crippen LogP contribution in [0.2, 0.25) is 0 Å². The van der Waals surface area contributed by atoms with E-state index in [-0.39, 0.29) is 24.7 Å². The van der Waals surface area contributed by atoms with E-state index in [4.69, 9.17) is 0 Å². The van der Waals surface area contributed by atoms with Crippen LogP contribution in [0.3, 0.4) is 0 Å². The van der Waals surface area contributed by atoms with Gasteiger partial charge in [0.25, 0.3) is 0 Å². The zero-order valence-corrected chi connectivity index (χ0v) is 9.83. The van der Waals surface area contributed by atoms with Crippen molar-refractivity contribution in [1.29, 1.82) is 0 Å². The smallest absolute Gasteiger partial charge is 0.244 e. The van der Waals surface area contributed by atoms with Gasteiger partial charge in [-0.25, -0.2) is 8.78 Å². The largest absolute Gasteiger partial charge is 0.310 e. The lowest BCUT2D eigenvalue weighted by molar-refractivity contribution is -0.120. The molecule has 5 heteroatoms. The van der Waals surface area contributed by atoms with Crippen molar-refractivity contribution in [3.63, 3.8) is 0 Å². The summed E-state index contributed by atoms with van der Waals surface area (Å²) in [5, 5.41) is 2.87. The summed E-state index contributed by atoms with van der Waals surface area (Å²) in [5.74, 6) is -0.426. The Morgan fingerprint density at radius 3 is 3.00 bits per heavy atom. The highest BCUT2D eigenvalue weighted by atomic mass is 19.1. The van der Waals surface area contributed by atoms with Crippen molar-refractivity contribution in [3.8, 4) is 0 Å². The molecule has 18 heavy (non-hydrogen) atoms. The van der Waals surface area contributed by atoms with E-state index in [1.807, 2.05) is 0 Å². The summed E-state index contributed by atoms with van der Waals surface area (Å²) >= 11 is 0. The summed E-state index contributed by atoms with van der Waals surface area (Å²) in [7, 11) is 0. The fourth-order valence-corrected chi connectivity index (χ4v) is 2.69. The van der Waals surface area contributed by atoms with Crippen LogP contribution in [0.5, 0.6) is 0 Å². The molecule has 1 amide bonds. The number of amides is 1. The number of nitrogens with one attached hydrogen (secondary N) is 1. The second kappa shape index (κ2) is 4.31. The molecule has 0 aromatic heterocycles. The number of carbonyl (C=O) groups is 1. The number of halogens is 2. The SMILES string of the molecule is O=C([C@H]1C[C@H](F)CN1)N1CCc2c(F)cccc21. The van der Waals surface area contributed by atoms with Crippen molar-refractivity contribution in [1.82, 2.24) is 5.32 Å². The predicted octanol–water partition coefficient (Wildman–Crippen LogP) is 1.41. The van der Waals surface area contributed by atoms with Gasteiger partial charge in [-0.3, -0.25) is 4.79 Å². The van der Waals surface area contributed by atoms with Gasteiger partial charge >= 0.3 is 0 Å². The first kappa shape index (κ1) is 11.6. The topological polar surface area (TPSA) is 32.3 Å². The molecule has 1 fully saturated rings. The first-order chi connectivity index (χ1) is 8.66. The van der Waals surface area contributed by atoms with Crippen LogP contribution in [-0.2, 0) is 11.2 Å². The summed E-state index contributed by atoms with van der Waals surface area (Å²) in [6, 6.07) is 4.26. The van der Waals surface area contributed by atoms with Crippen LogP contribution in [-0.4, -0.2) is 31.2 Å². The third-order valence-electron chi connectivity index (χ3n) is 3.61. The molecule has 3 nitrogen and oxygen atoms in total. The van der Waals surface area contributed by atoms with Crippen molar-refractivity contribution < 1.29 is 13.6 Å². The molecular weight excluding hydrogens is 238 g/mol.